The largest absolute Gasteiger partial charge is 0.345 e. The Morgan fingerprint density at radius 2 is 2.25 bits per heavy atom. The standard InChI is InChI=1S/C13H23N3/c1-3-6-12-11(4-2)15-13(16-12)10-7-5-8-14-9-10/h10,14H,3-9H2,1-2H3,(H,15,16). The van der Waals surface area contributed by atoms with E-state index in [9.17, 15) is 0 Å². The zero-order chi connectivity index (χ0) is 11.4. The molecule has 1 aromatic rings. The fraction of sp³-hybridized carbons (Fsp3) is 0.769. The summed E-state index contributed by atoms with van der Waals surface area (Å²) in [5, 5.41) is 3.45. The molecule has 1 fully saturated rings. The van der Waals surface area contributed by atoms with Crippen LogP contribution >= 0.6 is 0 Å². The lowest BCUT2D eigenvalue weighted by Gasteiger charge is -2.20. The van der Waals surface area contributed by atoms with Gasteiger partial charge in [0.2, 0.25) is 0 Å². The maximum absolute atomic E-state index is 4.78. The van der Waals surface area contributed by atoms with E-state index in [-0.39, 0.29) is 0 Å². The van der Waals surface area contributed by atoms with Crippen molar-refractivity contribution >= 4 is 0 Å². The zero-order valence-electron chi connectivity index (χ0n) is 10.5. The summed E-state index contributed by atoms with van der Waals surface area (Å²) < 4.78 is 0. The highest BCUT2D eigenvalue weighted by Crippen LogP contribution is 2.22. The third-order valence-corrected chi connectivity index (χ3v) is 3.40. The van der Waals surface area contributed by atoms with Gasteiger partial charge in [-0.3, -0.25) is 0 Å². The van der Waals surface area contributed by atoms with Crippen LogP contribution in [-0.2, 0) is 12.8 Å². The van der Waals surface area contributed by atoms with Gasteiger partial charge in [0.05, 0.1) is 5.69 Å². The SMILES string of the molecule is CCCc1[nH]c(C2CCCNC2)nc1CC. The molecule has 1 aromatic heterocycles. The van der Waals surface area contributed by atoms with E-state index in [2.05, 4.69) is 24.1 Å². The van der Waals surface area contributed by atoms with Crippen LogP contribution in [0.1, 0.15) is 56.2 Å². The Morgan fingerprint density at radius 3 is 2.88 bits per heavy atom. The zero-order valence-corrected chi connectivity index (χ0v) is 10.5. The quantitative estimate of drug-likeness (QED) is 0.819. The molecule has 1 saturated heterocycles. The van der Waals surface area contributed by atoms with Gasteiger partial charge in [0.25, 0.3) is 0 Å². The van der Waals surface area contributed by atoms with Gasteiger partial charge in [-0.15, -0.1) is 0 Å². The summed E-state index contributed by atoms with van der Waals surface area (Å²) in [6.45, 7) is 6.67. The Morgan fingerprint density at radius 1 is 1.38 bits per heavy atom. The smallest absolute Gasteiger partial charge is 0.110 e. The lowest BCUT2D eigenvalue weighted by molar-refractivity contribution is 0.448. The van der Waals surface area contributed by atoms with Crippen LogP contribution in [0.25, 0.3) is 0 Å². The van der Waals surface area contributed by atoms with Gasteiger partial charge in [-0.05, 0) is 32.2 Å². The number of hydrogen-bond acceptors (Lipinski definition) is 2. The van der Waals surface area contributed by atoms with Gasteiger partial charge >= 0.3 is 0 Å². The number of aromatic amines is 1. The summed E-state index contributed by atoms with van der Waals surface area (Å²) in [6.07, 6.45) is 5.92. The molecule has 0 spiro atoms. The van der Waals surface area contributed by atoms with Crippen LogP contribution in [0.5, 0.6) is 0 Å². The minimum atomic E-state index is 0.602. The van der Waals surface area contributed by atoms with E-state index in [1.54, 1.807) is 0 Å². The molecule has 0 radical (unpaired) electrons. The summed E-state index contributed by atoms with van der Waals surface area (Å²) in [6, 6.07) is 0. The van der Waals surface area contributed by atoms with Crippen LogP contribution in [0, 0.1) is 0 Å². The topological polar surface area (TPSA) is 40.7 Å². The van der Waals surface area contributed by atoms with Gasteiger partial charge in [0.15, 0.2) is 0 Å². The number of aromatic nitrogens is 2. The second kappa shape index (κ2) is 5.48. The monoisotopic (exact) mass is 221 g/mol. The van der Waals surface area contributed by atoms with Crippen LogP contribution in [-0.4, -0.2) is 23.1 Å². The summed E-state index contributed by atoms with van der Waals surface area (Å²) in [5.74, 6) is 1.82. The number of hydrogen-bond donors (Lipinski definition) is 2. The Labute approximate surface area is 98.1 Å². The molecule has 1 unspecified atom stereocenters. The average molecular weight is 221 g/mol. The molecular formula is C13H23N3. The maximum Gasteiger partial charge on any atom is 0.110 e. The van der Waals surface area contributed by atoms with Crippen LogP contribution in [0.2, 0.25) is 0 Å². The van der Waals surface area contributed by atoms with Gasteiger partial charge in [0, 0.05) is 18.2 Å². The summed E-state index contributed by atoms with van der Waals surface area (Å²) >= 11 is 0. The molecule has 0 amide bonds. The first-order valence-electron chi connectivity index (χ1n) is 6.63. The molecule has 0 saturated carbocycles. The highest BCUT2D eigenvalue weighted by atomic mass is 15.0. The Kier molecular flexibility index (Phi) is 3.99. The first kappa shape index (κ1) is 11.6. The van der Waals surface area contributed by atoms with E-state index in [0.717, 1.165) is 19.4 Å². The van der Waals surface area contributed by atoms with Crippen molar-refractivity contribution in [2.75, 3.05) is 13.1 Å². The minimum absolute atomic E-state index is 0.602. The number of nitrogens with zero attached hydrogens (tertiary/aromatic N) is 1. The fourth-order valence-electron chi connectivity index (χ4n) is 2.50. The number of imidazole rings is 1. The molecule has 1 atom stereocenters. The van der Waals surface area contributed by atoms with E-state index in [1.807, 2.05) is 0 Å². The van der Waals surface area contributed by atoms with Crippen molar-refractivity contribution in [1.82, 2.24) is 15.3 Å². The van der Waals surface area contributed by atoms with Crippen molar-refractivity contribution in [1.29, 1.82) is 0 Å². The van der Waals surface area contributed by atoms with E-state index < -0.39 is 0 Å². The molecule has 0 aliphatic carbocycles. The molecular weight excluding hydrogens is 198 g/mol. The summed E-state index contributed by atoms with van der Waals surface area (Å²) in [4.78, 5) is 8.33. The van der Waals surface area contributed by atoms with E-state index in [4.69, 9.17) is 4.98 Å². The van der Waals surface area contributed by atoms with Crippen LogP contribution in [0.15, 0.2) is 0 Å². The van der Waals surface area contributed by atoms with E-state index in [0.29, 0.717) is 5.92 Å². The Balaban J connectivity index is 2.14. The molecule has 2 rings (SSSR count). The number of H-pyrrole nitrogens is 1. The first-order chi connectivity index (χ1) is 7.85. The van der Waals surface area contributed by atoms with Crippen molar-refractivity contribution < 1.29 is 0 Å². The van der Waals surface area contributed by atoms with Crippen molar-refractivity contribution in [2.24, 2.45) is 0 Å². The van der Waals surface area contributed by atoms with Crippen LogP contribution in [0.3, 0.4) is 0 Å². The number of piperidine rings is 1. The molecule has 2 N–H and O–H groups in total. The maximum atomic E-state index is 4.78. The molecule has 3 nitrogen and oxygen atoms in total. The van der Waals surface area contributed by atoms with Gasteiger partial charge in [-0.25, -0.2) is 4.98 Å². The van der Waals surface area contributed by atoms with Gasteiger partial charge in [-0.2, -0.15) is 0 Å². The van der Waals surface area contributed by atoms with Gasteiger partial charge in [0.1, 0.15) is 5.82 Å². The lowest BCUT2D eigenvalue weighted by Crippen LogP contribution is -2.28. The van der Waals surface area contributed by atoms with Crippen LogP contribution < -0.4 is 5.32 Å². The third-order valence-electron chi connectivity index (χ3n) is 3.40. The fourth-order valence-corrected chi connectivity index (χ4v) is 2.50. The van der Waals surface area contributed by atoms with E-state index in [1.165, 1.54) is 43.0 Å². The predicted molar refractivity (Wildman–Crippen MR) is 66.8 cm³/mol. The van der Waals surface area contributed by atoms with Crippen molar-refractivity contribution in [2.45, 2.75) is 51.9 Å². The predicted octanol–water partition coefficient (Wildman–Crippen LogP) is 2.39. The second-order valence-corrected chi connectivity index (χ2v) is 4.69. The molecule has 0 aromatic carbocycles. The number of nitrogens with one attached hydrogen (secondary N) is 2. The lowest BCUT2D eigenvalue weighted by atomic mass is 9.99. The Bertz CT molecular complexity index is 324. The summed E-state index contributed by atoms with van der Waals surface area (Å²) in [7, 11) is 0. The molecule has 90 valence electrons. The van der Waals surface area contributed by atoms with Gasteiger partial charge in [-0.1, -0.05) is 20.3 Å². The first-order valence-corrected chi connectivity index (χ1v) is 6.63. The molecule has 1 aliphatic heterocycles. The number of aryl methyl sites for hydroxylation is 2. The Hall–Kier alpha value is -0.830. The second-order valence-electron chi connectivity index (χ2n) is 4.69. The highest BCUT2D eigenvalue weighted by molar-refractivity contribution is 5.17. The number of rotatable bonds is 4. The molecule has 1 aliphatic rings. The highest BCUT2D eigenvalue weighted by Gasteiger charge is 2.19. The summed E-state index contributed by atoms with van der Waals surface area (Å²) in [5.41, 5.74) is 2.65. The third kappa shape index (κ3) is 2.46. The molecule has 2 heterocycles. The molecule has 3 heteroatoms. The minimum Gasteiger partial charge on any atom is -0.345 e. The van der Waals surface area contributed by atoms with E-state index >= 15 is 0 Å². The molecule has 0 bridgehead atoms. The molecule has 16 heavy (non-hydrogen) atoms. The van der Waals surface area contributed by atoms with Crippen molar-refractivity contribution in [3.05, 3.63) is 17.2 Å². The van der Waals surface area contributed by atoms with Crippen LogP contribution in [0.4, 0.5) is 0 Å². The van der Waals surface area contributed by atoms with Gasteiger partial charge < -0.3 is 10.3 Å². The normalized spacial score (nSPS) is 21.2. The average Bonchev–Trinajstić information content (AvgIpc) is 2.74. The van der Waals surface area contributed by atoms with Crippen molar-refractivity contribution in [3.8, 4) is 0 Å². The van der Waals surface area contributed by atoms with Crippen molar-refractivity contribution in [3.63, 3.8) is 0 Å².